The number of aromatic hydroxyl groups is 1. The van der Waals surface area contributed by atoms with Crippen molar-refractivity contribution in [1.82, 2.24) is 4.90 Å². The number of fused-ring (bicyclic) bond motifs is 1. The summed E-state index contributed by atoms with van der Waals surface area (Å²) in [7, 11) is 0. The van der Waals surface area contributed by atoms with Crippen molar-refractivity contribution in [2.75, 3.05) is 32.8 Å². The first-order chi connectivity index (χ1) is 12.2. The summed E-state index contributed by atoms with van der Waals surface area (Å²) in [6.45, 7) is 5.05. The highest BCUT2D eigenvalue weighted by molar-refractivity contribution is 5.35. The van der Waals surface area contributed by atoms with E-state index in [1.165, 1.54) is 31.5 Å². The third-order valence-corrected chi connectivity index (χ3v) is 7.04. The number of hydrogen-bond acceptors (Lipinski definition) is 4. The van der Waals surface area contributed by atoms with Crippen LogP contribution in [0.15, 0.2) is 24.3 Å². The van der Waals surface area contributed by atoms with Gasteiger partial charge in [0, 0.05) is 31.3 Å². The maximum absolute atomic E-state index is 10.1. The fraction of sp³-hybridized carbons (Fsp3) is 0.714. The summed E-state index contributed by atoms with van der Waals surface area (Å²) in [5, 5.41) is 10.1. The number of piperidine rings is 1. The van der Waals surface area contributed by atoms with E-state index < -0.39 is 0 Å². The van der Waals surface area contributed by atoms with Gasteiger partial charge in [-0.3, -0.25) is 0 Å². The molecule has 0 amide bonds. The van der Waals surface area contributed by atoms with E-state index in [-0.39, 0.29) is 11.2 Å². The summed E-state index contributed by atoms with van der Waals surface area (Å²) in [4.78, 5) is 2.69. The minimum atomic E-state index is -0.388. The molecule has 0 bridgehead atoms. The zero-order valence-electron chi connectivity index (χ0n) is 15.0. The molecular weight excluding hydrogens is 314 g/mol. The maximum Gasteiger partial charge on any atom is 0.169 e. The summed E-state index contributed by atoms with van der Waals surface area (Å²) in [6, 6.07) is 7.96. The summed E-state index contributed by atoms with van der Waals surface area (Å²) in [5.41, 5.74) is 1.35. The predicted octanol–water partition coefficient (Wildman–Crippen LogP) is 3.29. The third kappa shape index (κ3) is 2.88. The lowest BCUT2D eigenvalue weighted by Crippen LogP contribution is -2.57. The number of phenolic OH excluding ortho intramolecular Hbond substituents is 1. The monoisotopic (exact) mass is 343 g/mol. The first kappa shape index (κ1) is 16.1. The fourth-order valence-electron chi connectivity index (χ4n) is 5.58. The van der Waals surface area contributed by atoms with Crippen molar-refractivity contribution in [3.05, 3.63) is 29.8 Å². The van der Waals surface area contributed by atoms with Crippen molar-refractivity contribution in [3.63, 3.8) is 0 Å². The molecule has 5 rings (SSSR count). The molecule has 4 fully saturated rings. The maximum atomic E-state index is 10.1. The average molecular weight is 343 g/mol. The van der Waals surface area contributed by atoms with Gasteiger partial charge in [-0.1, -0.05) is 12.1 Å². The van der Waals surface area contributed by atoms with Gasteiger partial charge in [0.2, 0.25) is 0 Å². The second-order valence-corrected chi connectivity index (χ2v) is 8.68. The highest BCUT2D eigenvalue weighted by Gasteiger charge is 2.55. The Morgan fingerprint density at radius 1 is 1.12 bits per heavy atom. The molecule has 4 heteroatoms. The van der Waals surface area contributed by atoms with Crippen LogP contribution in [-0.2, 0) is 14.9 Å². The topological polar surface area (TPSA) is 41.9 Å². The Morgan fingerprint density at radius 3 is 2.72 bits per heavy atom. The standard InChI is InChI=1S/C21H29NO3/c23-19-3-1-2-17(12-19)20-8-9-22(13-16-4-5-16)14-18(20)6-7-21(15-20)24-10-11-25-21/h1-3,12,16,18,23H,4-11,13-15H2/t18-,20+/m0/s1. The molecular formula is C21H29NO3. The summed E-state index contributed by atoms with van der Waals surface area (Å²) >= 11 is 0. The van der Waals surface area contributed by atoms with Crippen LogP contribution in [0.25, 0.3) is 0 Å². The number of benzene rings is 1. The zero-order valence-corrected chi connectivity index (χ0v) is 15.0. The van der Waals surface area contributed by atoms with Crippen LogP contribution in [0.3, 0.4) is 0 Å². The van der Waals surface area contributed by atoms with Crippen LogP contribution < -0.4 is 0 Å². The Morgan fingerprint density at radius 2 is 1.96 bits per heavy atom. The molecule has 1 spiro atoms. The molecule has 2 saturated carbocycles. The molecule has 2 saturated heterocycles. The lowest BCUT2D eigenvalue weighted by molar-refractivity contribution is -0.207. The van der Waals surface area contributed by atoms with Gasteiger partial charge in [0.1, 0.15) is 5.75 Å². The highest BCUT2D eigenvalue weighted by Crippen LogP contribution is 2.54. The molecule has 2 aliphatic heterocycles. The Kier molecular flexibility index (Phi) is 3.84. The molecule has 1 N–H and O–H groups in total. The van der Waals surface area contributed by atoms with E-state index in [0.29, 0.717) is 24.9 Å². The largest absolute Gasteiger partial charge is 0.508 e. The number of ether oxygens (including phenoxy) is 2. The zero-order chi connectivity index (χ0) is 16.9. The second kappa shape index (κ2) is 5.97. The number of nitrogens with zero attached hydrogens (tertiary/aromatic N) is 1. The van der Waals surface area contributed by atoms with E-state index in [2.05, 4.69) is 11.0 Å². The van der Waals surface area contributed by atoms with Crippen LogP contribution in [0.1, 0.15) is 44.1 Å². The summed E-state index contributed by atoms with van der Waals surface area (Å²) in [6.07, 6.45) is 7.08. The van der Waals surface area contributed by atoms with Crippen LogP contribution in [0, 0.1) is 11.8 Å². The lowest BCUT2D eigenvalue weighted by atomic mass is 9.57. The highest BCUT2D eigenvalue weighted by atomic mass is 16.7. The quantitative estimate of drug-likeness (QED) is 0.914. The molecule has 4 nitrogen and oxygen atoms in total. The van der Waals surface area contributed by atoms with Crippen molar-refractivity contribution >= 4 is 0 Å². The Hall–Kier alpha value is -1.10. The van der Waals surface area contributed by atoms with Crippen LogP contribution >= 0.6 is 0 Å². The van der Waals surface area contributed by atoms with Gasteiger partial charge in [0.25, 0.3) is 0 Å². The van der Waals surface area contributed by atoms with Crippen molar-refractivity contribution in [2.45, 2.75) is 49.7 Å². The number of rotatable bonds is 3. The molecule has 1 aromatic carbocycles. The van der Waals surface area contributed by atoms with E-state index >= 15 is 0 Å². The average Bonchev–Trinajstić information content (AvgIpc) is 3.33. The second-order valence-electron chi connectivity index (χ2n) is 8.68. The number of hydrogen-bond donors (Lipinski definition) is 1. The summed E-state index contributed by atoms with van der Waals surface area (Å²) < 4.78 is 12.2. The first-order valence-corrected chi connectivity index (χ1v) is 9.97. The van der Waals surface area contributed by atoms with Crippen molar-refractivity contribution in [2.24, 2.45) is 11.8 Å². The smallest absolute Gasteiger partial charge is 0.169 e. The van der Waals surface area contributed by atoms with Crippen molar-refractivity contribution in [3.8, 4) is 5.75 Å². The van der Waals surface area contributed by atoms with E-state index in [9.17, 15) is 5.11 Å². The molecule has 2 heterocycles. The van der Waals surface area contributed by atoms with Gasteiger partial charge in [-0.2, -0.15) is 0 Å². The molecule has 25 heavy (non-hydrogen) atoms. The molecule has 0 aromatic heterocycles. The van der Waals surface area contributed by atoms with E-state index in [1.54, 1.807) is 6.07 Å². The predicted molar refractivity (Wildman–Crippen MR) is 95.5 cm³/mol. The molecule has 2 aliphatic carbocycles. The van der Waals surface area contributed by atoms with Gasteiger partial charge < -0.3 is 19.5 Å². The van der Waals surface area contributed by atoms with Gasteiger partial charge in [0.05, 0.1) is 13.2 Å². The van der Waals surface area contributed by atoms with E-state index in [4.69, 9.17) is 9.47 Å². The van der Waals surface area contributed by atoms with E-state index in [0.717, 1.165) is 38.1 Å². The fourth-order valence-corrected chi connectivity index (χ4v) is 5.58. The number of phenols is 1. The van der Waals surface area contributed by atoms with Crippen molar-refractivity contribution in [1.29, 1.82) is 0 Å². The Labute approximate surface area is 150 Å². The molecule has 2 atom stereocenters. The minimum absolute atomic E-state index is 0.0708. The third-order valence-electron chi connectivity index (χ3n) is 7.04. The first-order valence-electron chi connectivity index (χ1n) is 9.97. The Bertz CT molecular complexity index is 638. The van der Waals surface area contributed by atoms with E-state index in [1.807, 2.05) is 12.1 Å². The minimum Gasteiger partial charge on any atom is -0.508 e. The van der Waals surface area contributed by atoms with Gasteiger partial charge in [-0.15, -0.1) is 0 Å². The Balaban J connectivity index is 1.47. The molecule has 0 unspecified atom stereocenters. The molecule has 4 aliphatic rings. The van der Waals surface area contributed by atoms with Gasteiger partial charge >= 0.3 is 0 Å². The molecule has 0 radical (unpaired) electrons. The van der Waals surface area contributed by atoms with Gasteiger partial charge in [-0.05, 0) is 61.8 Å². The SMILES string of the molecule is Oc1cccc([C@]23CCN(CC4CC4)C[C@@H]2CCC2(C3)OCCO2)c1. The summed E-state index contributed by atoms with van der Waals surface area (Å²) in [5.74, 6) is 1.56. The van der Waals surface area contributed by atoms with Gasteiger partial charge in [-0.25, -0.2) is 0 Å². The van der Waals surface area contributed by atoms with Crippen LogP contribution in [-0.4, -0.2) is 48.6 Å². The van der Waals surface area contributed by atoms with Crippen LogP contribution in [0.5, 0.6) is 5.75 Å². The molecule has 1 aromatic rings. The van der Waals surface area contributed by atoms with Crippen molar-refractivity contribution < 1.29 is 14.6 Å². The molecule has 136 valence electrons. The van der Waals surface area contributed by atoms with Crippen LogP contribution in [0.2, 0.25) is 0 Å². The van der Waals surface area contributed by atoms with Gasteiger partial charge in [0.15, 0.2) is 5.79 Å². The normalized spacial score (nSPS) is 35.0. The number of likely N-dealkylation sites (tertiary alicyclic amines) is 1. The lowest BCUT2D eigenvalue weighted by Gasteiger charge is -2.55. The van der Waals surface area contributed by atoms with Crippen LogP contribution in [0.4, 0.5) is 0 Å².